The van der Waals surface area contributed by atoms with E-state index in [0.29, 0.717) is 5.75 Å². The fourth-order valence-electron chi connectivity index (χ4n) is 3.80. The predicted octanol–water partition coefficient (Wildman–Crippen LogP) is 8.51. The van der Waals surface area contributed by atoms with Crippen LogP contribution in [0.3, 0.4) is 0 Å². The zero-order valence-corrected chi connectivity index (χ0v) is 21.1. The van der Waals surface area contributed by atoms with E-state index in [0.717, 1.165) is 18.0 Å². The molecule has 0 aromatic heterocycles. The maximum absolute atomic E-state index is 11.1. The Morgan fingerprint density at radius 3 is 1.94 bits per heavy atom. The lowest BCUT2D eigenvalue weighted by Crippen LogP contribution is -2.25. The van der Waals surface area contributed by atoms with Gasteiger partial charge in [0, 0.05) is 35.5 Å². The van der Waals surface area contributed by atoms with Gasteiger partial charge in [-0.25, -0.2) is 0 Å². The van der Waals surface area contributed by atoms with Gasteiger partial charge in [0.15, 0.2) is 0 Å². The topological polar surface area (TPSA) is 29.5 Å². The zero-order valence-electron chi connectivity index (χ0n) is 20.3. The molecule has 2 aromatic rings. The summed E-state index contributed by atoms with van der Waals surface area (Å²) in [7, 11) is 0. The quantitative estimate of drug-likeness (QED) is 0.144. The number of nitrogens with zero attached hydrogens (tertiary/aromatic N) is 1. The van der Waals surface area contributed by atoms with Gasteiger partial charge >= 0.3 is 5.97 Å². The summed E-state index contributed by atoms with van der Waals surface area (Å²) >= 11 is 1.75. The molecule has 0 bridgehead atoms. The summed E-state index contributed by atoms with van der Waals surface area (Å²) < 4.78 is 5.14. The highest BCUT2D eigenvalue weighted by molar-refractivity contribution is 7.99. The summed E-state index contributed by atoms with van der Waals surface area (Å²) in [5.74, 6) is 0.301. The van der Waals surface area contributed by atoms with Crippen LogP contribution in [-0.2, 0) is 4.79 Å². The van der Waals surface area contributed by atoms with Crippen molar-refractivity contribution in [3.8, 4) is 5.75 Å². The number of carbonyl (C=O) groups excluding carboxylic acids is 1. The first kappa shape index (κ1) is 26.3. The number of esters is 1. The van der Waals surface area contributed by atoms with Gasteiger partial charge < -0.3 is 9.64 Å². The highest BCUT2D eigenvalue weighted by atomic mass is 32.2. The van der Waals surface area contributed by atoms with Gasteiger partial charge in [-0.3, -0.25) is 4.79 Å². The summed E-state index contributed by atoms with van der Waals surface area (Å²) in [6.07, 6.45) is 13.2. The Bertz CT molecular complexity index is 761. The second-order valence-electron chi connectivity index (χ2n) is 8.48. The van der Waals surface area contributed by atoms with Crippen LogP contribution in [0.25, 0.3) is 0 Å². The van der Waals surface area contributed by atoms with Gasteiger partial charge in [-0.15, -0.1) is 0 Å². The fourth-order valence-corrected chi connectivity index (χ4v) is 4.67. The van der Waals surface area contributed by atoms with E-state index in [2.05, 4.69) is 43.0 Å². The first-order valence-electron chi connectivity index (χ1n) is 12.4. The van der Waals surface area contributed by atoms with E-state index < -0.39 is 0 Å². The van der Waals surface area contributed by atoms with Crippen molar-refractivity contribution in [1.82, 2.24) is 0 Å². The molecular weight excluding hydrogens is 414 g/mol. The van der Waals surface area contributed by atoms with Crippen molar-refractivity contribution in [3.63, 3.8) is 0 Å². The Morgan fingerprint density at radius 2 is 1.38 bits per heavy atom. The van der Waals surface area contributed by atoms with E-state index in [1.807, 2.05) is 24.3 Å². The van der Waals surface area contributed by atoms with Crippen LogP contribution < -0.4 is 9.64 Å². The zero-order chi connectivity index (χ0) is 23.0. The Hall–Kier alpha value is -1.94. The molecule has 0 aliphatic rings. The monoisotopic (exact) mass is 455 g/mol. The lowest BCUT2D eigenvalue weighted by Gasteiger charge is -2.25. The predicted molar refractivity (Wildman–Crippen MR) is 138 cm³/mol. The van der Waals surface area contributed by atoms with Crippen molar-refractivity contribution in [2.75, 3.05) is 18.0 Å². The molecule has 0 saturated carbocycles. The van der Waals surface area contributed by atoms with Crippen molar-refractivity contribution in [1.29, 1.82) is 0 Å². The Balaban J connectivity index is 1.99. The second-order valence-corrected chi connectivity index (χ2v) is 9.63. The molecule has 0 aliphatic carbocycles. The minimum Gasteiger partial charge on any atom is -0.427 e. The largest absolute Gasteiger partial charge is 0.427 e. The number of hydrogen-bond donors (Lipinski definition) is 0. The Labute approximate surface area is 199 Å². The highest BCUT2D eigenvalue weighted by Gasteiger charge is 2.08. The van der Waals surface area contributed by atoms with E-state index in [1.54, 1.807) is 11.8 Å². The molecule has 0 atom stereocenters. The van der Waals surface area contributed by atoms with Gasteiger partial charge in [-0.1, -0.05) is 83.0 Å². The van der Waals surface area contributed by atoms with Gasteiger partial charge in [0.1, 0.15) is 5.75 Å². The van der Waals surface area contributed by atoms with Crippen LogP contribution in [0.15, 0.2) is 58.3 Å². The summed E-state index contributed by atoms with van der Waals surface area (Å²) in [5, 5.41) is 0. The van der Waals surface area contributed by atoms with Crippen molar-refractivity contribution >= 4 is 23.4 Å². The third kappa shape index (κ3) is 10.6. The first-order valence-corrected chi connectivity index (χ1v) is 13.3. The Kier molecular flexibility index (Phi) is 13.0. The van der Waals surface area contributed by atoms with Crippen LogP contribution in [0.1, 0.15) is 85.0 Å². The SMILES string of the molecule is CCCCCCCN(CCCCCCC)c1cccc(Sc2ccc(OC(C)=O)cc2)c1. The summed E-state index contributed by atoms with van der Waals surface area (Å²) in [6.45, 7) is 8.25. The van der Waals surface area contributed by atoms with Crippen molar-refractivity contribution < 1.29 is 9.53 Å². The summed E-state index contributed by atoms with van der Waals surface area (Å²) in [6, 6.07) is 16.7. The molecule has 0 spiro atoms. The molecular formula is C28H41NO2S. The van der Waals surface area contributed by atoms with Crippen LogP contribution in [0.2, 0.25) is 0 Å². The molecule has 32 heavy (non-hydrogen) atoms. The standard InChI is InChI=1S/C28H41NO2S/c1-4-6-8-10-12-21-29(22-13-11-9-7-5-2)25-15-14-16-28(23-25)32-27-19-17-26(18-20-27)31-24(3)30/h14-20,23H,4-13,21-22H2,1-3H3. The smallest absolute Gasteiger partial charge is 0.308 e. The minimum absolute atomic E-state index is 0.289. The molecule has 3 nitrogen and oxygen atoms in total. The molecule has 0 heterocycles. The number of unbranched alkanes of at least 4 members (excludes halogenated alkanes) is 8. The van der Waals surface area contributed by atoms with Crippen LogP contribution >= 0.6 is 11.8 Å². The van der Waals surface area contributed by atoms with Crippen LogP contribution in [0.4, 0.5) is 5.69 Å². The van der Waals surface area contributed by atoms with Gasteiger partial charge in [0.05, 0.1) is 0 Å². The minimum atomic E-state index is -0.289. The van der Waals surface area contributed by atoms with Crippen LogP contribution in [0, 0.1) is 0 Å². The fraction of sp³-hybridized carbons (Fsp3) is 0.536. The average Bonchev–Trinajstić information content (AvgIpc) is 2.78. The van der Waals surface area contributed by atoms with E-state index in [1.165, 1.54) is 81.7 Å². The van der Waals surface area contributed by atoms with Gasteiger partial charge in [-0.2, -0.15) is 0 Å². The molecule has 0 amide bonds. The van der Waals surface area contributed by atoms with Gasteiger partial charge in [-0.05, 0) is 55.3 Å². The van der Waals surface area contributed by atoms with Crippen LogP contribution in [0.5, 0.6) is 5.75 Å². The number of rotatable bonds is 16. The number of anilines is 1. The van der Waals surface area contributed by atoms with E-state index >= 15 is 0 Å². The molecule has 2 rings (SSSR count). The lowest BCUT2D eigenvalue weighted by atomic mass is 10.1. The normalized spacial score (nSPS) is 10.8. The maximum Gasteiger partial charge on any atom is 0.308 e. The van der Waals surface area contributed by atoms with Crippen molar-refractivity contribution in [3.05, 3.63) is 48.5 Å². The molecule has 0 N–H and O–H groups in total. The molecule has 2 aromatic carbocycles. The maximum atomic E-state index is 11.1. The third-order valence-electron chi connectivity index (χ3n) is 5.57. The third-order valence-corrected chi connectivity index (χ3v) is 6.56. The highest BCUT2D eigenvalue weighted by Crippen LogP contribution is 2.32. The molecule has 0 radical (unpaired) electrons. The molecule has 0 fully saturated rings. The van der Waals surface area contributed by atoms with E-state index in [4.69, 9.17) is 4.74 Å². The first-order chi connectivity index (χ1) is 15.6. The summed E-state index contributed by atoms with van der Waals surface area (Å²) in [5.41, 5.74) is 1.33. The lowest BCUT2D eigenvalue weighted by molar-refractivity contribution is -0.131. The van der Waals surface area contributed by atoms with Crippen LogP contribution in [-0.4, -0.2) is 19.1 Å². The molecule has 176 valence electrons. The van der Waals surface area contributed by atoms with Crippen molar-refractivity contribution in [2.45, 2.75) is 94.8 Å². The van der Waals surface area contributed by atoms with Gasteiger partial charge in [0.25, 0.3) is 0 Å². The average molecular weight is 456 g/mol. The molecule has 4 heteroatoms. The second kappa shape index (κ2) is 15.8. The van der Waals surface area contributed by atoms with Gasteiger partial charge in [0.2, 0.25) is 0 Å². The van der Waals surface area contributed by atoms with E-state index in [-0.39, 0.29) is 5.97 Å². The molecule has 0 saturated heterocycles. The molecule has 0 unspecified atom stereocenters. The van der Waals surface area contributed by atoms with E-state index in [9.17, 15) is 4.79 Å². The Morgan fingerprint density at radius 1 is 0.781 bits per heavy atom. The number of benzene rings is 2. The van der Waals surface area contributed by atoms with Crippen molar-refractivity contribution in [2.24, 2.45) is 0 Å². The number of hydrogen-bond acceptors (Lipinski definition) is 4. The number of ether oxygens (including phenoxy) is 1. The number of carbonyl (C=O) groups is 1. The summed E-state index contributed by atoms with van der Waals surface area (Å²) in [4.78, 5) is 16.1. The molecule has 0 aliphatic heterocycles.